The molecule has 2 rings (SSSR count). The molecule has 1 aromatic carbocycles. The number of halogens is 1. The lowest BCUT2D eigenvalue weighted by Crippen LogP contribution is -1.99. The molecular weight excluding hydrogens is 286 g/mol. The summed E-state index contributed by atoms with van der Waals surface area (Å²) >= 11 is 3.21. The standard InChI is InChI=1S/C12H8BrNO3/c13-11-6-5-8(7-14-11)17-10-4-2-1-3-9(10)12(15)16/h1-7H,(H,15,16). The van der Waals surface area contributed by atoms with Gasteiger partial charge in [-0.05, 0) is 40.2 Å². The van der Waals surface area contributed by atoms with E-state index in [2.05, 4.69) is 20.9 Å². The van der Waals surface area contributed by atoms with Crippen molar-refractivity contribution >= 4 is 21.9 Å². The summed E-state index contributed by atoms with van der Waals surface area (Å²) in [4.78, 5) is 15.0. The molecule has 17 heavy (non-hydrogen) atoms. The number of hydrogen-bond donors (Lipinski definition) is 1. The van der Waals surface area contributed by atoms with Gasteiger partial charge in [0, 0.05) is 0 Å². The molecule has 5 heteroatoms. The van der Waals surface area contributed by atoms with Crippen LogP contribution in [0.15, 0.2) is 47.2 Å². The maximum absolute atomic E-state index is 11.0. The van der Waals surface area contributed by atoms with Gasteiger partial charge in [-0.25, -0.2) is 9.78 Å². The highest BCUT2D eigenvalue weighted by molar-refractivity contribution is 9.10. The van der Waals surface area contributed by atoms with E-state index in [0.29, 0.717) is 16.1 Å². The van der Waals surface area contributed by atoms with Crippen molar-refractivity contribution in [3.8, 4) is 11.5 Å². The predicted octanol–water partition coefficient (Wildman–Crippen LogP) is 3.33. The molecular formula is C12H8BrNO3. The van der Waals surface area contributed by atoms with Crippen LogP contribution in [0.2, 0.25) is 0 Å². The maximum atomic E-state index is 11.0. The third-order valence-corrected chi connectivity index (χ3v) is 2.51. The van der Waals surface area contributed by atoms with Crippen LogP contribution in [0.3, 0.4) is 0 Å². The van der Waals surface area contributed by atoms with E-state index in [1.54, 1.807) is 30.3 Å². The predicted molar refractivity (Wildman–Crippen MR) is 65.4 cm³/mol. The number of para-hydroxylation sites is 1. The minimum absolute atomic E-state index is 0.121. The lowest BCUT2D eigenvalue weighted by atomic mass is 10.2. The van der Waals surface area contributed by atoms with Crippen LogP contribution in [-0.4, -0.2) is 16.1 Å². The van der Waals surface area contributed by atoms with E-state index in [0.717, 1.165) is 0 Å². The number of nitrogens with zero attached hydrogens (tertiary/aromatic N) is 1. The van der Waals surface area contributed by atoms with E-state index in [1.807, 2.05) is 0 Å². The van der Waals surface area contributed by atoms with Crippen molar-refractivity contribution in [2.45, 2.75) is 0 Å². The topological polar surface area (TPSA) is 59.4 Å². The summed E-state index contributed by atoms with van der Waals surface area (Å²) in [6, 6.07) is 9.88. The van der Waals surface area contributed by atoms with Crippen LogP contribution in [0.4, 0.5) is 0 Å². The Balaban J connectivity index is 2.30. The van der Waals surface area contributed by atoms with Gasteiger partial charge in [0.1, 0.15) is 21.7 Å². The van der Waals surface area contributed by atoms with Crippen LogP contribution >= 0.6 is 15.9 Å². The fourth-order valence-electron chi connectivity index (χ4n) is 1.28. The number of pyridine rings is 1. The van der Waals surface area contributed by atoms with Gasteiger partial charge in [0.05, 0.1) is 6.20 Å². The first-order valence-electron chi connectivity index (χ1n) is 4.78. The molecule has 0 unspecified atom stereocenters. The first-order chi connectivity index (χ1) is 8.16. The number of carboxylic acid groups (broad SMARTS) is 1. The summed E-state index contributed by atoms with van der Waals surface area (Å²) in [5, 5.41) is 8.98. The summed E-state index contributed by atoms with van der Waals surface area (Å²) in [5.41, 5.74) is 0.121. The van der Waals surface area contributed by atoms with Gasteiger partial charge in [-0.1, -0.05) is 12.1 Å². The van der Waals surface area contributed by atoms with Crippen molar-refractivity contribution in [3.05, 3.63) is 52.8 Å². The van der Waals surface area contributed by atoms with Crippen LogP contribution in [0.25, 0.3) is 0 Å². The van der Waals surface area contributed by atoms with Crippen LogP contribution in [0, 0.1) is 0 Å². The Bertz CT molecular complexity index is 540. The van der Waals surface area contributed by atoms with E-state index in [-0.39, 0.29) is 5.56 Å². The number of benzene rings is 1. The Morgan fingerprint density at radius 2 is 2.00 bits per heavy atom. The van der Waals surface area contributed by atoms with Crippen molar-refractivity contribution < 1.29 is 14.6 Å². The van der Waals surface area contributed by atoms with Gasteiger partial charge in [-0.3, -0.25) is 0 Å². The molecule has 4 nitrogen and oxygen atoms in total. The molecule has 2 aromatic rings. The van der Waals surface area contributed by atoms with Crippen LogP contribution in [0.1, 0.15) is 10.4 Å². The highest BCUT2D eigenvalue weighted by Crippen LogP contribution is 2.25. The molecule has 0 aliphatic rings. The molecule has 0 saturated heterocycles. The van der Waals surface area contributed by atoms with Gasteiger partial charge in [0.25, 0.3) is 0 Å². The maximum Gasteiger partial charge on any atom is 0.339 e. The minimum atomic E-state index is -1.02. The van der Waals surface area contributed by atoms with E-state index < -0.39 is 5.97 Å². The lowest BCUT2D eigenvalue weighted by molar-refractivity contribution is 0.0694. The number of aromatic nitrogens is 1. The number of carbonyl (C=O) groups is 1. The zero-order valence-corrected chi connectivity index (χ0v) is 10.2. The fourth-order valence-corrected chi connectivity index (χ4v) is 1.52. The van der Waals surface area contributed by atoms with Crippen molar-refractivity contribution in [2.24, 2.45) is 0 Å². The normalized spacial score (nSPS) is 9.94. The fraction of sp³-hybridized carbons (Fsp3) is 0. The third-order valence-electron chi connectivity index (χ3n) is 2.05. The number of hydrogen-bond acceptors (Lipinski definition) is 3. The molecule has 0 aliphatic carbocycles. The van der Waals surface area contributed by atoms with Crippen LogP contribution < -0.4 is 4.74 Å². The van der Waals surface area contributed by atoms with E-state index in [1.165, 1.54) is 12.3 Å². The molecule has 1 heterocycles. The zero-order chi connectivity index (χ0) is 12.3. The Hall–Kier alpha value is -1.88. The van der Waals surface area contributed by atoms with Crippen LogP contribution in [-0.2, 0) is 0 Å². The highest BCUT2D eigenvalue weighted by atomic mass is 79.9. The molecule has 0 radical (unpaired) electrons. The summed E-state index contributed by atoms with van der Waals surface area (Å²) < 4.78 is 6.15. The molecule has 0 amide bonds. The summed E-state index contributed by atoms with van der Waals surface area (Å²) in [7, 11) is 0. The first-order valence-corrected chi connectivity index (χ1v) is 5.58. The molecule has 1 N–H and O–H groups in total. The quantitative estimate of drug-likeness (QED) is 0.882. The lowest BCUT2D eigenvalue weighted by Gasteiger charge is -2.07. The summed E-state index contributed by atoms with van der Waals surface area (Å²) in [5.74, 6) is -0.239. The van der Waals surface area contributed by atoms with E-state index in [4.69, 9.17) is 9.84 Å². The van der Waals surface area contributed by atoms with Gasteiger partial charge in [-0.15, -0.1) is 0 Å². The van der Waals surface area contributed by atoms with Crippen molar-refractivity contribution in [2.75, 3.05) is 0 Å². The minimum Gasteiger partial charge on any atom is -0.478 e. The second-order valence-corrected chi connectivity index (χ2v) is 4.03. The molecule has 0 aliphatic heterocycles. The Morgan fingerprint density at radius 3 is 2.65 bits per heavy atom. The number of rotatable bonds is 3. The Morgan fingerprint density at radius 1 is 1.24 bits per heavy atom. The smallest absolute Gasteiger partial charge is 0.339 e. The number of carboxylic acids is 1. The van der Waals surface area contributed by atoms with Crippen LogP contribution in [0.5, 0.6) is 11.5 Å². The molecule has 0 atom stereocenters. The molecule has 0 saturated carbocycles. The number of aromatic carboxylic acids is 1. The molecule has 0 bridgehead atoms. The third kappa shape index (κ3) is 2.82. The second-order valence-electron chi connectivity index (χ2n) is 3.22. The average Bonchev–Trinajstić information content (AvgIpc) is 2.32. The SMILES string of the molecule is O=C(O)c1ccccc1Oc1ccc(Br)nc1. The Labute approximate surface area is 106 Å². The van der Waals surface area contributed by atoms with Gasteiger partial charge in [0.2, 0.25) is 0 Å². The molecule has 0 spiro atoms. The molecule has 86 valence electrons. The summed E-state index contributed by atoms with van der Waals surface area (Å²) in [6.07, 6.45) is 1.52. The Kier molecular flexibility index (Phi) is 3.39. The van der Waals surface area contributed by atoms with Crippen molar-refractivity contribution in [1.29, 1.82) is 0 Å². The highest BCUT2D eigenvalue weighted by Gasteiger charge is 2.10. The summed E-state index contributed by atoms with van der Waals surface area (Å²) in [6.45, 7) is 0. The number of ether oxygens (including phenoxy) is 1. The second kappa shape index (κ2) is 4.97. The van der Waals surface area contributed by atoms with Gasteiger partial charge < -0.3 is 9.84 Å². The van der Waals surface area contributed by atoms with E-state index in [9.17, 15) is 4.79 Å². The molecule has 1 aromatic heterocycles. The largest absolute Gasteiger partial charge is 0.478 e. The zero-order valence-electron chi connectivity index (χ0n) is 8.63. The van der Waals surface area contributed by atoms with Crippen molar-refractivity contribution in [3.63, 3.8) is 0 Å². The first kappa shape index (κ1) is 11.6. The van der Waals surface area contributed by atoms with Crippen molar-refractivity contribution in [1.82, 2.24) is 4.98 Å². The van der Waals surface area contributed by atoms with Gasteiger partial charge in [-0.2, -0.15) is 0 Å². The monoisotopic (exact) mass is 293 g/mol. The molecule has 0 fully saturated rings. The van der Waals surface area contributed by atoms with E-state index >= 15 is 0 Å². The van der Waals surface area contributed by atoms with Gasteiger partial charge >= 0.3 is 5.97 Å². The average molecular weight is 294 g/mol. The van der Waals surface area contributed by atoms with Gasteiger partial charge in [0.15, 0.2) is 0 Å².